The minimum absolute atomic E-state index is 0.366. The van der Waals surface area contributed by atoms with Crippen molar-refractivity contribution in [3.8, 4) is 0 Å². The van der Waals surface area contributed by atoms with Gasteiger partial charge in [0, 0.05) is 6.61 Å². The molecule has 0 aromatic heterocycles. The van der Waals surface area contributed by atoms with Crippen molar-refractivity contribution in [2.45, 2.75) is 32.6 Å². The third-order valence-electron chi connectivity index (χ3n) is 4.00. The fraction of sp³-hybridized carbons (Fsp3) is 0.833. The van der Waals surface area contributed by atoms with E-state index < -0.39 is 0 Å². The molecule has 0 radical (unpaired) electrons. The first kappa shape index (κ1) is 9.26. The molecule has 4 atom stereocenters. The van der Waals surface area contributed by atoms with Crippen molar-refractivity contribution in [2.75, 3.05) is 6.61 Å². The highest BCUT2D eigenvalue weighted by Crippen LogP contribution is 2.49. The summed E-state index contributed by atoms with van der Waals surface area (Å²) in [6.45, 7) is 2.77. The van der Waals surface area contributed by atoms with Crippen molar-refractivity contribution in [3.63, 3.8) is 0 Å². The van der Waals surface area contributed by atoms with E-state index in [0.29, 0.717) is 6.61 Å². The summed E-state index contributed by atoms with van der Waals surface area (Å²) in [5, 5.41) is 8.72. The number of unbranched alkanes of at least 4 members (excludes halogenated alkanes) is 1. The van der Waals surface area contributed by atoms with Gasteiger partial charge in [0.15, 0.2) is 0 Å². The molecular weight excluding hydrogens is 160 g/mol. The molecule has 1 nitrogen and oxygen atoms in total. The van der Waals surface area contributed by atoms with Gasteiger partial charge in [-0.05, 0) is 42.9 Å². The molecule has 0 aromatic rings. The summed E-state index contributed by atoms with van der Waals surface area (Å²) in [6.07, 6.45) is 9.78. The zero-order chi connectivity index (χ0) is 9.26. The van der Waals surface area contributed by atoms with Gasteiger partial charge in [0.2, 0.25) is 0 Å². The highest BCUT2D eigenvalue weighted by molar-refractivity contribution is 5.12. The van der Waals surface area contributed by atoms with Gasteiger partial charge in [-0.2, -0.15) is 0 Å². The van der Waals surface area contributed by atoms with Crippen molar-refractivity contribution >= 4 is 0 Å². The first-order valence-electron chi connectivity index (χ1n) is 5.62. The summed E-state index contributed by atoms with van der Waals surface area (Å²) in [5.74, 6) is 3.57. The molecular formula is C12H20O. The van der Waals surface area contributed by atoms with Crippen LogP contribution in [0.3, 0.4) is 0 Å². The minimum atomic E-state index is 0.366. The Hall–Kier alpha value is -0.300. The SMILES string of the molecule is CC1C2C=CC(C2)C1CCCCO. The van der Waals surface area contributed by atoms with Crippen molar-refractivity contribution in [1.29, 1.82) is 0 Å². The second-order valence-corrected chi connectivity index (χ2v) is 4.69. The Labute approximate surface area is 80.8 Å². The normalized spacial score (nSPS) is 41.7. The molecule has 0 amide bonds. The molecule has 1 N–H and O–H groups in total. The van der Waals surface area contributed by atoms with E-state index in [1.165, 1.54) is 19.3 Å². The van der Waals surface area contributed by atoms with Gasteiger partial charge in [-0.3, -0.25) is 0 Å². The van der Waals surface area contributed by atoms with Crippen LogP contribution in [0.2, 0.25) is 0 Å². The highest BCUT2D eigenvalue weighted by Gasteiger charge is 2.40. The minimum Gasteiger partial charge on any atom is -0.396 e. The first-order valence-corrected chi connectivity index (χ1v) is 5.62. The molecule has 74 valence electrons. The quantitative estimate of drug-likeness (QED) is 0.521. The summed E-state index contributed by atoms with van der Waals surface area (Å²) in [6, 6.07) is 0. The van der Waals surface area contributed by atoms with Gasteiger partial charge in [-0.1, -0.05) is 25.5 Å². The molecule has 0 aromatic carbocycles. The molecule has 13 heavy (non-hydrogen) atoms. The molecule has 0 heterocycles. The smallest absolute Gasteiger partial charge is 0.0431 e. The van der Waals surface area contributed by atoms with Crippen LogP contribution in [0.25, 0.3) is 0 Å². The second kappa shape index (κ2) is 3.83. The fourth-order valence-corrected chi connectivity index (χ4v) is 3.14. The fourth-order valence-electron chi connectivity index (χ4n) is 3.14. The largest absolute Gasteiger partial charge is 0.396 e. The van der Waals surface area contributed by atoms with Gasteiger partial charge in [0.05, 0.1) is 0 Å². The van der Waals surface area contributed by atoms with E-state index >= 15 is 0 Å². The monoisotopic (exact) mass is 180 g/mol. The molecule has 1 heteroatoms. The van der Waals surface area contributed by atoms with E-state index in [9.17, 15) is 0 Å². The number of fused-ring (bicyclic) bond motifs is 2. The van der Waals surface area contributed by atoms with E-state index in [0.717, 1.165) is 30.1 Å². The van der Waals surface area contributed by atoms with Gasteiger partial charge < -0.3 is 5.11 Å². The van der Waals surface area contributed by atoms with Crippen LogP contribution < -0.4 is 0 Å². The lowest BCUT2D eigenvalue weighted by atomic mass is 9.81. The predicted octanol–water partition coefficient (Wildman–Crippen LogP) is 2.61. The van der Waals surface area contributed by atoms with Crippen LogP contribution in [-0.2, 0) is 0 Å². The number of hydrogen-bond donors (Lipinski definition) is 1. The Morgan fingerprint density at radius 2 is 2.00 bits per heavy atom. The van der Waals surface area contributed by atoms with Crippen LogP contribution in [0, 0.1) is 23.7 Å². The summed E-state index contributed by atoms with van der Waals surface area (Å²) in [4.78, 5) is 0. The lowest BCUT2D eigenvalue weighted by Crippen LogP contribution is -2.16. The Morgan fingerprint density at radius 3 is 2.62 bits per heavy atom. The average Bonchev–Trinajstić information content (AvgIpc) is 2.69. The summed E-state index contributed by atoms with van der Waals surface area (Å²) >= 11 is 0. The van der Waals surface area contributed by atoms with Crippen molar-refractivity contribution in [1.82, 2.24) is 0 Å². The third-order valence-corrected chi connectivity index (χ3v) is 4.00. The Kier molecular flexibility index (Phi) is 2.73. The van der Waals surface area contributed by atoms with Crippen LogP contribution in [0.1, 0.15) is 32.6 Å². The zero-order valence-corrected chi connectivity index (χ0v) is 8.45. The average molecular weight is 180 g/mol. The Bertz CT molecular complexity index is 197. The van der Waals surface area contributed by atoms with Gasteiger partial charge in [0.25, 0.3) is 0 Å². The molecule has 1 fully saturated rings. The predicted molar refractivity (Wildman–Crippen MR) is 54.3 cm³/mol. The van der Waals surface area contributed by atoms with Crippen LogP contribution in [0.4, 0.5) is 0 Å². The van der Waals surface area contributed by atoms with E-state index in [1.807, 2.05) is 0 Å². The van der Waals surface area contributed by atoms with E-state index in [2.05, 4.69) is 19.1 Å². The van der Waals surface area contributed by atoms with E-state index in [4.69, 9.17) is 5.11 Å². The number of hydrogen-bond acceptors (Lipinski definition) is 1. The molecule has 4 unspecified atom stereocenters. The van der Waals surface area contributed by atoms with E-state index in [-0.39, 0.29) is 0 Å². The van der Waals surface area contributed by atoms with Crippen molar-refractivity contribution in [2.24, 2.45) is 23.7 Å². The molecule has 2 rings (SSSR count). The lowest BCUT2D eigenvalue weighted by Gasteiger charge is -2.24. The first-order chi connectivity index (χ1) is 6.33. The van der Waals surface area contributed by atoms with Gasteiger partial charge in [0.1, 0.15) is 0 Å². The summed E-state index contributed by atoms with van der Waals surface area (Å²) in [7, 11) is 0. The number of rotatable bonds is 4. The molecule has 0 spiro atoms. The summed E-state index contributed by atoms with van der Waals surface area (Å²) in [5.41, 5.74) is 0. The van der Waals surface area contributed by atoms with Gasteiger partial charge in [-0.25, -0.2) is 0 Å². The van der Waals surface area contributed by atoms with Gasteiger partial charge >= 0.3 is 0 Å². The number of aliphatic hydroxyl groups excluding tert-OH is 1. The lowest BCUT2D eigenvalue weighted by molar-refractivity contribution is 0.259. The maximum atomic E-state index is 8.72. The zero-order valence-electron chi connectivity index (χ0n) is 8.45. The van der Waals surface area contributed by atoms with Crippen molar-refractivity contribution < 1.29 is 5.11 Å². The molecule has 2 aliphatic rings. The second-order valence-electron chi connectivity index (χ2n) is 4.69. The molecule has 2 bridgehead atoms. The molecule has 0 aliphatic heterocycles. The summed E-state index contributed by atoms with van der Waals surface area (Å²) < 4.78 is 0. The van der Waals surface area contributed by atoms with Crippen LogP contribution >= 0.6 is 0 Å². The Morgan fingerprint density at radius 1 is 1.23 bits per heavy atom. The van der Waals surface area contributed by atoms with Crippen LogP contribution in [0.15, 0.2) is 12.2 Å². The Balaban J connectivity index is 1.83. The number of aliphatic hydroxyl groups is 1. The molecule has 2 aliphatic carbocycles. The van der Waals surface area contributed by atoms with Crippen LogP contribution in [-0.4, -0.2) is 11.7 Å². The molecule has 1 saturated carbocycles. The molecule has 0 saturated heterocycles. The number of allylic oxidation sites excluding steroid dienone is 2. The van der Waals surface area contributed by atoms with Crippen molar-refractivity contribution in [3.05, 3.63) is 12.2 Å². The van der Waals surface area contributed by atoms with Crippen LogP contribution in [0.5, 0.6) is 0 Å². The highest BCUT2D eigenvalue weighted by atomic mass is 16.2. The topological polar surface area (TPSA) is 20.2 Å². The van der Waals surface area contributed by atoms with Gasteiger partial charge in [-0.15, -0.1) is 0 Å². The maximum Gasteiger partial charge on any atom is 0.0431 e. The third kappa shape index (κ3) is 1.67. The van der Waals surface area contributed by atoms with E-state index in [1.54, 1.807) is 0 Å². The standard InChI is InChI=1S/C12H20O/c1-9-10-5-6-11(8-10)12(9)4-2-3-7-13/h5-6,9-13H,2-4,7-8H2,1H3. The maximum absolute atomic E-state index is 8.72.